The number of hydrogen-bond acceptors (Lipinski definition) is 3. The predicted molar refractivity (Wildman–Crippen MR) is 95.7 cm³/mol. The van der Waals surface area contributed by atoms with Crippen molar-refractivity contribution in [3.63, 3.8) is 0 Å². The topological polar surface area (TPSA) is 38.7 Å². The van der Waals surface area contributed by atoms with Gasteiger partial charge in [-0.15, -0.1) is 4.91 Å². The molecule has 0 aromatic heterocycles. The zero-order valence-corrected chi connectivity index (χ0v) is 13.5. The monoisotopic (exact) mass is 333 g/mol. The van der Waals surface area contributed by atoms with Gasteiger partial charge >= 0.3 is 0 Å². The highest BCUT2D eigenvalue weighted by molar-refractivity contribution is 5.76. The smallest absolute Gasteiger partial charge is 0.130 e. The first kappa shape index (κ1) is 15.5. The fraction of sp³-hybridized carbons (Fsp3) is 0.143. The van der Waals surface area contributed by atoms with Crippen LogP contribution >= 0.6 is 0 Å². The minimum absolute atomic E-state index is 0.232. The van der Waals surface area contributed by atoms with Crippen molar-refractivity contribution in [3.05, 3.63) is 88.1 Å². The summed E-state index contributed by atoms with van der Waals surface area (Å²) >= 11 is 0. The van der Waals surface area contributed by atoms with Gasteiger partial charge in [0.1, 0.15) is 17.3 Å². The van der Waals surface area contributed by atoms with Gasteiger partial charge in [0.25, 0.3) is 0 Å². The van der Waals surface area contributed by atoms with Crippen LogP contribution in [0.1, 0.15) is 16.7 Å². The van der Waals surface area contributed by atoms with Crippen LogP contribution in [0.5, 0.6) is 5.75 Å². The van der Waals surface area contributed by atoms with E-state index in [0.29, 0.717) is 18.7 Å². The summed E-state index contributed by atoms with van der Waals surface area (Å²) in [5.74, 6) is 0.649. The van der Waals surface area contributed by atoms with Gasteiger partial charge < -0.3 is 4.74 Å². The number of halogens is 1. The number of benzene rings is 3. The molecular weight excluding hydrogens is 317 g/mol. The van der Waals surface area contributed by atoms with Gasteiger partial charge in [0.15, 0.2) is 0 Å². The van der Waals surface area contributed by atoms with Crippen molar-refractivity contribution < 1.29 is 9.13 Å². The first-order valence-electron chi connectivity index (χ1n) is 8.20. The van der Waals surface area contributed by atoms with Gasteiger partial charge in [-0.3, -0.25) is 0 Å². The molecule has 4 rings (SSSR count). The highest BCUT2D eigenvalue weighted by Gasteiger charge is 2.19. The minimum Gasteiger partial charge on any atom is -0.492 e. The Morgan fingerprint density at radius 2 is 1.84 bits per heavy atom. The van der Waals surface area contributed by atoms with Crippen LogP contribution in [-0.2, 0) is 12.8 Å². The Morgan fingerprint density at radius 1 is 1.00 bits per heavy atom. The van der Waals surface area contributed by atoms with Crippen LogP contribution in [0.3, 0.4) is 0 Å². The zero-order chi connectivity index (χ0) is 17.2. The maximum atomic E-state index is 13.1. The summed E-state index contributed by atoms with van der Waals surface area (Å²) in [6, 6.07) is 18.0. The summed E-state index contributed by atoms with van der Waals surface area (Å²) in [7, 11) is 0. The summed E-state index contributed by atoms with van der Waals surface area (Å²) < 4.78 is 18.9. The number of nitrogens with zero attached hydrogens (tertiary/aromatic N) is 1. The van der Waals surface area contributed by atoms with E-state index in [4.69, 9.17) is 4.74 Å². The molecule has 0 saturated heterocycles. The van der Waals surface area contributed by atoms with Crippen LogP contribution in [0.25, 0.3) is 11.1 Å². The molecule has 1 aliphatic heterocycles. The van der Waals surface area contributed by atoms with Crippen molar-refractivity contribution >= 4 is 5.69 Å². The van der Waals surface area contributed by atoms with Crippen molar-refractivity contribution in [2.75, 3.05) is 6.61 Å². The van der Waals surface area contributed by atoms with Gasteiger partial charge in [0.05, 0.1) is 6.61 Å². The molecule has 4 heteroatoms. The fourth-order valence-electron chi connectivity index (χ4n) is 3.26. The van der Waals surface area contributed by atoms with E-state index < -0.39 is 0 Å². The Kier molecular flexibility index (Phi) is 4.02. The Labute approximate surface area is 145 Å². The Hall–Kier alpha value is -3.01. The molecule has 124 valence electrons. The van der Waals surface area contributed by atoms with E-state index >= 15 is 0 Å². The van der Waals surface area contributed by atoms with Crippen molar-refractivity contribution in [2.45, 2.75) is 12.8 Å². The molecule has 0 bridgehead atoms. The highest BCUT2D eigenvalue weighted by atomic mass is 19.1. The minimum atomic E-state index is -0.232. The molecule has 0 aliphatic carbocycles. The number of fused-ring (bicyclic) bond motifs is 1. The third-order valence-electron chi connectivity index (χ3n) is 4.43. The van der Waals surface area contributed by atoms with Crippen LogP contribution in [0.4, 0.5) is 10.1 Å². The lowest BCUT2D eigenvalue weighted by atomic mass is 9.95. The third kappa shape index (κ3) is 3.15. The first-order chi connectivity index (χ1) is 12.2. The number of rotatable bonds is 4. The van der Waals surface area contributed by atoms with Gasteiger partial charge in [-0.25, -0.2) is 4.39 Å². The lowest BCUT2D eigenvalue weighted by molar-refractivity contribution is 0.358. The highest BCUT2D eigenvalue weighted by Crippen LogP contribution is 2.39. The van der Waals surface area contributed by atoms with E-state index in [-0.39, 0.29) is 5.82 Å². The fourth-order valence-corrected chi connectivity index (χ4v) is 3.26. The van der Waals surface area contributed by atoms with Crippen molar-refractivity contribution in [2.24, 2.45) is 5.18 Å². The molecule has 3 aromatic carbocycles. The zero-order valence-electron chi connectivity index (χ0n) is 13.5. The second kappa shape index (κ2) is 6.48. The first-order valence-corrected chi connectivity index (χ1v) is 8.20. The summed E-state index contributed by atoms with van der Waals surface area (Å²) in [5.41, 5.74) is 5.63. The van der Waals surface area contributed by atoms with E-state index in [2.05, 4.69) is 17.3 Å². The maximum Gasteiger partial charge on any atom is 0.130 e. The molecule has 0 fully saturated rings. The van der Waals surface area contributed by atoms with Crippen LogP contribution in [0.15, 0.2) is 65.8 Å². The number of nitroso groups, excluding NO2 is 1. The van der Waals surface area contributed by atoms with Crippen molar-refractivity contribution in [3.8, 4) is 16.9 Å². The standard InChI is InChI=1S/C21H16FNO2/c22-18-6-4-14(5-7-18)10-15-11-17-8-9-25-21(17)20(12-15)16-2-1-3-19(13-16)23-24/h1-7,11-13H,8-10H2. The van der Waals surface area contributed by atoms with E-state index in [1.165, 1.54) is 17.7 Å². The second-order valence-electron chi connectivity index (χ2n) is 6.17. The predicted octanol–water partition coefficient (Wildman–Crippen LogP) is 5.42. The summed E-state index contributed by atoms with van der Waals surface area (Å²) in [6.07, 6.45) is 1.58. The molecule has 1 heterocycles. The van der Waals surface area contributed by atoms with Gasteiger partial charge in [-0.2, -0.15) is 0 Å². The van der Waals surface area contributed by atoms with Gasteiger partial charge in [-0.05, 0) is 64.2 Å². The molecule has 1 aliphatic rings. The van der Waals surface area contributed by atoms with E-state index in [1.54, 1.807) is 24.3 Å². The molecule has 0 atom stereocenters. The van der Waals surface area contributed by atoms with Crippen molar-refractivity contribution in [1.82, 2.24) is 0 Å². The van der Waals surface area contributed by atoms with Gasteiger partial charge in [-0.1, -0.05) is 30.3 Å². The Morgan fingerprint density at radius 3 is 2.64 bits per heavy atom. The van der Waals surface area contributed by atoms with Crippen LogP contribution < -0.4 is 4.74 Å². The summed E-state index contributed by atoms with van der Waals surface area (Å²) in [5, 5.41) is 3.02. The van der Waals surface area contributed by atoms with Crippen LogP contribution in [-0.4, -0.2) is 6.61 Å². The van der Waals surface area contributed by atoms with E-state index in [0.717, 1.165) is 34.4 Å². The Bertz CT molecular complexity index is 935. The summed E-state index contributed by atoms with van der Waals surface area (Å²) in [6.45, 7) is 0.661. The van der Waals surface area contributed by atoms with E-state index in [1.807, 2.05) is 12.1 Å². The molecule has 0 N–H and O–H groups in total. The largest absolute Gasteiger partial charge is 0.492 e. The molecular formula is C21H16FNO2. The van der Waals surface area contributed by atoms with Gasteiger partial charge in [0.2, 0.25) is 0 Å². The third-order valence-corrected chi connectivity index (χ3v) is 4.43. The molecule has 0 radical (unpaired) electrons. The van der Waals surface area contributed by atoms with Crippen molar-refractivity contribution in [1.29, 1.82) is 0 Å². The molecule has 3 nitrogen and oxygen atoms in total. The molecule has 0 saturated carbocycles. The average Bonchev–Trinajstić information content (AvgIpc) is 3.11. The molecule has 0 spiro atoms. The summed E-state index contributed by atoms with van der Waals surface area (Å²) in [4.78, 5) is 10.8. The van der Waals surface area contributed by atoms with Crippen LogP contribution in [0, 0.1) is 10.7 Å². The maximum absolute atomic E-state index is 13.1. The second-order valence-corrected chi connectivity index (χ2v) is 6.17. The lowest BCUT2D eigenvalue weighted by Crippen LogP contribution is -1.93. The number of ether oxygens (including phenoxy) is 1. The van der Waals surface area contributed by atoms with Gasteiger partial charge in [0, 0.05) is 12.0 Å². The van der Waals surface area contributed by atoms with E-state index in [9.17, 15) is 9.30 Å². The molecule has 0 unspecified atom stereocenters. The molecule has 3 aromatic rings. The average molecular weight is 333 g/mol. The lowest BCUT2D eigenvalue weighted by Gasteiger charge is -2.12. The molecule has 25 heavy (non-hydrogen) atoms. The quantitative estimate of drug-likeness (QED) is 0.598. The molecule has 0 amide bonds. The Balaban J connectivity index is 1.77. The normalized spacial score (nSPS) is 12.5. The van der Waals surface area contributed by atoms with Crippen LogP contribution in [0.2, 0.25) is 0 Å². The SMILES string of the molecule is O=Nc1cccc(-c2cc(Cc3ccc(F)cc3)cc3c2OCC3)c1. The number of hydrogen-bond donors (Lipinski definition) is 0.